The van der Waals surface area contributed by atoms with Crippen LogP contribution in [-0.2, 0) is 16.1 Å². The molecule has 0 aliphatic heterocycles. The van der Waals surface area contributed by atoms with E-state index >= 15 is 0 Å². The zero-order valence-electron chi connectivity index (χ0n) is 12.6. The third-order valence-corrected chi connectivity index (χ3v) is 3.76. The Morgan fingerprint density at radius 3 is 2.79 bits per heavy atom. The molecule has 0 fully saturated rings. The van der Waals surface area contributed by atoms with E-state index in [4.69, 9.17) is 21.1 Å². The highest BCUT2D eigenvalue weighted by molar-refractivity contribution is 6.32. The largest absolute Gasteiger partial charge is 0.480 e. The summed E-state index contributed by atoms with van der Waals surface area (Å²) in [6.45, 7) is -0.242. The molecule has 2 aromatic heterocycles. The number of nitrogens with zero attached hydrogens (tertiary/aromatic N) is 2. The van der Waals surface area contributed by atoms with Gasteiger partial charge in [0.1, 0.15) is 18.4 Å². The molecule has 0 saturated carbocycles. The van der Waals surface area contributed by atoms with Gasteiger partial charge in [-0.15, -0.1) is 0 Å². The molecule has 5 nitrogen and oxygen atoms in total. The number of hydrogen-bond acceptors (Lipinski definition) is 4. The van der Waals surface area contributed by atoms with Crippen molar-refractivity contribution in [3.05, 3.63) is 71.0 Å². The fourth-order valence-electron chi connectivity index (χ4n) is 2.31. The van der Waals surface area contributed by atoms with E-state index in [9.17, 15) is 10.1 Å². The third kappa shape index (κ3) is 3.34. The summed E-state index contributed by atoms with van der Waals surface area (Å²) in [5.41, 5.74) is 1.92. The van der Waals surface area contributed by atoms with Crippen LogP contribution in [-0.4, -0.2) is 17.0 Å². The molecule has 0 unspecified atom stereocenters. The number of para-hydroxylation sites is 1. The molecule has 0 bridgehead atoms. The van der Waals surface area contributed by atoms with Crippen LogP contribution in [0.1, 0.15) is 11.1 Å². The summed E-state index contributed by atoms with van der Waals surface area (Å²) in [5, 5.41) is 9.74. The fourth-order valence-corrected chi connectivity index (χ4v) is 2.50. The Kier molecular flexibility index (Phi) is 4.69. The van der Waals surface area contributed by atoms with Crippen LogP contribution in [0.3, 0.4) is 0 Å². The predicted molar refractivity (Wildman–Crippen MR) is 88.9 cm³/mol. The van der Waals surface area contributed by atoms with Gasteiger partial charge in [0.25, 0.3) is 0 Å². The number of carbonyl (C=O) groups is 1. The van der Waals surface area contributed by atoms with E-state index in [1.54, 1.807) is 30.5 Å². The number of fused-ring (bicyclic) bond motifs is 1. The molecule has 0 atom stereocenters. The van der Waals surface area contributed by atoms with Gasteiger partial charge >= 0.3 is 5.97 Å². The maximum atomic E-state index is 11.8. The molecule has 24 heavy (non-hydrogen) atoms. The molecule has 0 amide bonds. The highest BCUT2D eigenvalue weighted by Gasteiger charge is 2.13. The first-order chi connectivity index (χ1) is 11.7. The topological polar surface area (TPSA) is 63.7 Å². The first-order valence-electron chi connectivity index (χ1n) is 7.20. The van der Waals surface area contributed by atoms with Crippen molar-refractivity contribution in [1.82, 2.24) is 4.40 Å². The molecule has 0 spiro atoms. The number of ether oxygens (including phenoxy) is 2. The van der Waals surface area contributed by atoms with Gasteiger partial charge in [-0.05, 0) is 24.3 Å². The van der Waals surface area contributed by atoms with Crippen LogP contribution in [0.5, 0.6) is 5.75 Å². The SMILES string of the molecule is N#Cc1c(COC(=O)COc2ccccc2Cl)cn2ccccc12. The minimum atomic E-state index is -0.533. The van der Waals surface area contributed by atoms with Crippen molar-refractivity contribution >= 4 is 23.1 Å². The number of rotatable bonds is 5. The van der Waals surface area contributed by atoms with Crippen molar-refractivity contribution < 1.29 is 14.3 Å². The van der Waals surface area contributed by atoms with E-state index in [1.807, 2.05) is 28.8 Å². The zero-order chi connectivity index (χ0) is 16.9. The van der Waals surface area contributed by atoms with Crippen molar-refractivity contribution in [2.75, 3.05) is 6.61 Å². The normalized spacial score (nSPS) is 10.3. The van der Waals surface area contributed by atoms with Crippen molar-refractivity contribution in [2.24, 2.45) is 0 Å². The highest BCUT2D eigenvalue weighted by atomic mass is 35.5. The number of nitriles is 1. The Morgan fingerprint density at radius 1 is 1.21 bits per heavy atom. The summed E-state index contributed by atoms with van der Waals surface area (Å²) in [5.74, 6) is -0.113. The molecule has 0 radical (unpaired) electrons. The number of carbonyl (C=O) groups excluding carboxylic acids is 1. The molecule has 120 valence electrons. The van der Waals surface area contributed by atoms with Gasteiger partial charge in [-0.2, -0.15) is 5.26 Å². The second-order valence-electron chi connectivity index (χ2n) is 5.01. The van der Waals surface area contributed by atoms with Crippen LogP contribution >= 0.6 is 11.6 Å². The van der Waals surface area contributed by atoms with Gasteiger partial charge in [0.15, 0.2) is 6.61 Å². The van der Waals surface area contributed by atoms with Gasteiger partial charge in [-0.3, -0.25) is 0 Å². The van der Waals surface area contributed by atoms with E-state index in [0.29, 0.717) is 21.9 Å². The van der Waals surface area contributed by atoms with Gasteiger partial charge in [0.2, 0.25) is 0 Å². The molecular weight excluding hydrogens is 328 g/mol. The molecule has 2 heterocycles. The monoisotopic (exact) mass is 340 g/mol. The molecule has 3 rings (SSSR count). The summed E-state index contributed by atoms with van der Waals surface area (Å²) in [6, 6.07) is 14.6. The lowest BCUT2D eigenvalue weighted by atomic mass is 10.2. The molecule has 1 aromatic carbocycles. The average molecular weight is 341 g/mol. The maximum Gasteiger partial charge on any atom is 0.344 e. The molecule has 3 aromatic rings. The first kappa shape index (κ1) is 15.9. The maximum absolute atomic E-state index is 11.8. The minimum Gasteiger partial charge on any atom is -0.480 e. The number of aromatic nitrogens is 1. The number of esters is 1. The summed E-state index contributed by atoms with van der Waals surface area (Å²) >= 11 is 5.95. The van der Waals surface area contributed by atoms with Crippen LogP contribution in [0, 0.1) is 11.3 Å². The van der Waals surface area contributed by atoms with Crippen molar-refractivity contribution in [2.45, 2.75) is 6.61 Å². The van der Waals surface area contributed by atoms with Gasteiger partial charge in [-0.25, -0.2) is 4.79 Å². The van der Waals surface area contributed by atoms with Crippen LogP contribution < -0.4 is 4.74 Å². The molecule has 0 saturated heterocycles. The zero-order valence-corrected chi connectivity index (χ0v) is 13.4. The molecule has 0 N–H and O–H groups in total. The van der Waals surface area contributed by atoms with Gasteiger partial charge < -0.3 is 13.9 Å². The number of halogens is 1. The van der Waals surface area contributed by atoms with Gasteiger partial charge in [-0.1, -0.05) is 29.8 Å². The van der Waals surface area contributed by atoms with Crippen LogP contribution in [0.2, 0.25) is 5.02 Å². The second-order valence-corrected chi connectivity index (χ2v) is 5.42. The second kappa shape index (κ2) is 7.07. The minimum absolute atomic E-state index is 0.00921. The first-order valence-corrected chi connectivity index (χ1v) is 7.58. The third-order valence-electron chi connectivity index (χ3n) is 3.44. The van der Waals surface area contributed by atoms with E-state index in [0.717, 1.165) is 5.52 Å². The summed E-state index contributed by atoms with van der Waals surface area (Å²) in [4.78, 5) is 11.8. The van der Waals surface area contributed by atoms with Crippen LogP contribution in [0.15, 0.2) is 54.9 Å². The number of benzene rings is 1. The Labute approximate surface area is 143 Å². The smallest absolute Gasteiger partial charge is 0.344 e. The Bertz CT molecular complexity index is 927. The van der Waals surface area contributed by atoms with Crippen molar-refractivity contribution in [1.29, 1.82) is 5.26 Å². The summed E-state index contributed by atoms with van der Waals surface area (Å²) < 4.78 is 12.3. The van der Waals surface area contributed by atoms with Crippen molar-refractivity contribution in [3.63, 3.8) is 0 Å². The van der Waals surface area contributed by atoms with E-state index < -0.39 is 5.97 Å². The lowest BCUT2D eigenvalue weighted by molar-refractivity contribution is -0.147. The van der Waals surface area contributed by atoms with E-state index in [-0.39, 0.29) is 13.2 Å². The lowest BCUT2D eigenvalue weighted by Gasteiger charge is -2.07. The van der Waals surface area contributed by atoms with Gasteiger partial charge in [0, 0.05) is 18.0 Å². The van der Waals surface area contributed by atoms with Gasteiger partial charge in [0.05, 0.1) is 16.1 Å². The van der Waals surface area contributed by atoms with Crippen molar-refractivity contribution in [3.8, 4) is 11.8 Å². The van der Waals surface area contributed by atoms with E-state index in [2.05, 4.69) is 6.07 Å². The molecular formula is C18H13ClN2O3. The Hall–Kier alpha value is -2.97. The van der Waals surface area contributed by atoms with Crippen LogP contribution in [0.25, 0.3) is 5.52 Å². The fraction of sp³-hybridized carbons (Fsp3) is 0.111. The number of hydrogen-bond donors (Lipinski definition) is 0. The van der Waals surface area contributed by atoms with E-state index in [1.165, 1.54) is 0 Å². The number of pyridine rings is 1. The Morgan fingerprint density at radius 2 is 2.00 bits per heavy atom. The Balaban J connectivity index is 1.63. The summed E-state index contributed by atoms with van der Waals surface area (Å²) in [6.07, 6.45) is 3.61. The molecule has 6 heteroatoms. The quantitative estimate of drug-likeness (QED) is 0.666. The molecule has 0 aliphatic rings. The van der Waals surface area contributed by atoms with Crippen LogP contribution in [0.4, 0.5) is 0 Å². The summed E-state index contributed by atoms with van der Waals surface area (Å²) in [7, 11) is 0. The molecule has 0 aliphatic carbocycles. The highest BCUT2D eigenvalue weighted by Crippen LogP contribution is 2.23. The standard InChI is InChI=1S/C18H13ClN2O3/c19-15-5-1-2-7-17(15)23-12-18(22)24-11-13-10-21-8-4-3-6-16(21)14(13)9-20/h1-8,10H,11-12H2. The average Bonchev–Trinajstić information content (AvgIpc) is 2.96. The lowest BCUT2D eigenvalue weighted by Crippen LogP contribution is -2.15. The predicted octanol–water partition coefficient (Wildman–Crippen LogP) is 3.59.